The van der Waals surface area contributed by atoms with E-state index in [1.165, 1.54) is 23.1 Å². The van der Waals surface area contributed by atoms with Crippen LogP contribution in [0.15, 0.2) is 30.4 Å². The molecule has 16 atom stereocenters. The van der Waals surface area contributed by atoms with Crippen LogP contribution in [-0.4, -0.2) is 146 Å². The number of anilines is 1. The number of amides is 1. The van der Waals surface area contributed by atoms with Gasteiger partial charge in [0.05, 0.1) is 57.3 Å². The van der Waals surface area contributed by atoms with Gasteiger partial charge >= 0.3 is 20.2 Å². The molecule has 0 saturated carbocycles. The van der Waals surface area contributed by atoms with Gasteiger partial charge in [0.2, 0.25) is 6.35 Å². The molecule has 0 aliphatic carbocycles. The predicted molar refractivity (Wildman–Crippen MR) is 227 cm³/mol. The van der Waals surface area contributed by atoms with Crippen molar-refractivity contribution < 1.29 is 71.0 Å². The molecule has 62 heavy (non-hydrogen) atoms. The minimum atomic E-state index is -4.16. The van der Waals surface area contributed by atoms with Gasteiger partial charge < -0.3 is 98.1 Å². The summed E-state index contributed by atoms with van der Waals surface area (Å²) in [6, 6.07) is 0. The number of carbonyl (C=O) groups is 1. The summed E-state index contributed by atoms with van der Waals surface area (Å²) >= 11 is 15.9. The smallest absolute Gasteiger partial charge is 0.324 e. The Bertz CT molecular complexity index is 2000. The Hall–Kier alpha value is -1.21. The maximum atomic E-state index is 12.0. The molecule has 25 nitrogen and oxygen atoms in total. The number of nitrogens with two attached hydrogens (primary N) is 2. The third kappa shape index (κ3) is 11.7. The number of fused-ring (bicyclic) bond motifs is 1. The van der Waals surface area contributed by atoms with Crippen molar-refractivity contribution in [1.82, 2.24) is 35.3 Å². The van der Waals surface area contributed by atoms with E-state index in [4.69, 9.17) is 88.2 Å². The van der Waals surface area contributed by atoms with E-state index in [1.807, 2.05) is 6.92 Å². The van der Waals surface area contributed by atoms with E-state index in [-0.39, 0.29) is 32.0 Å². The molecule has 7 unspecified atom stereocenters. The second-order valence-corrected chi connectivity index (χ2v) is 23.7. The first-order valence-electron chi connectivity index (χ1n) is 19.4. The molecule has 0 aromatic carbocycles. The van der Waals surface area contributed by atoms with Crippen molar-refractivity contribution in [2.45, 2.75) is 107 Å². The summed E-state index contributed by atoms with van der Waals surface area (Å²) < 4.78 is 54.5. The molecule has 6 aliphatic rings. The quantitative estimate of drug-likeness (QED) is 0.0806. The van der Waals surface area contributed by atoms with Crippen LogP contribution in [0.1, 0.15) is 51.2 Å². The van der Waals surface area contributed by atoms with Crippen molar-refractivity contribution in [3.05, 3.63) is 36.1 Å². The van der Waals surface area contributed by atoms with Gasteiger partial charge in [-0.1, -0.05) is 6.92 Å². The standard InChI is InChI=1S/C31H53N10O15P3S3/c1-15-6-23(40-9-16(2)29(42)38-31(40)44)52-19(15)10-50-58(46,61)56-18-8-25(41-14-36-26-27(33)34-13-35-28(26)41)54-21(18)12-51-59(47,62)55-17-7-24(39-5-4-22(32)37-30(39)43)53-20(17)11-49-57(45,60)48-3/h4-5,9,14-15,17-25,27,30-31,34-35,37,43-44H,6-8,10-13,32-33H2,1-3H3,(H,38,42)(H,45,60)(H,46,61)(H,47,62)/t15-,17-,18-,19-,20-,21-,22?,23-,24-,25-,27?,30?,31?,57?,58?,59?/m1/s1. The summed E-state index contributed by atoms with van der Waals surface area (Å²) in [7, 11) is 1.20. The lowest BCUT2D eigenvalue weighted by atomic mass is 10.0. The van der Waals surface area contributed by atoms with E-state index in [1.54, 1.807) is 30.1 Å². The molecule has 1 aromatic heterocycles. The average molecular weight is 995 g/mol. The number of hydrogen-bond acceptors (Lipinski definition) is 23. The highest BCUT2D eigenvalue weighted by molar-refractivity contribution is 8.07. The molecule has 3 saturated heterocycles. The summed E-state index contributed by atoms with van der Waals surface area (Å²) in [6.45, 7) is -8.83. The minimum Gasteiger partial charge on any atom is -0.361 e. The maximum Gasteiger partial charge on any atom is 0.324 e. The summed E-state index contributed by atoms with van der Waals surface area (Å²) in [5.41, 5.74) is 13.0. The van der Waals surface area contributed by atoms with Gasteiger partial charge in [-0.15, -0.1) is 0 Å². The Morgan fingerprint density at radius 2 is 1.45 bits per heavy atom. The molecule has 0 radical (unpaired) electrons. The zero-order valence-electron chi connectivity index (χ0n) is 33.6. The van der Waals surface area contributed by atoms with Crippen LogP contribution in [-0.2, 0) is 81.6 Å². The Morgan fingerprint density at radius 1 is 0.871 bits per heavy atom. The fourth-order valence-corrected chi connectivity index (χ4v) is 11.1. The van der Waals surface area contributed by atoms with E-state index in [2.05, 4.69) is 26.3 Å². The fraction of sp³-hybridized carbons (Fsp3) is 0.742. The van der Waals surface area contributed by atoms with Crippen molar-refractivity contribution >= 4 is 67.3 Å². The van der Waals surface area contributed by atoms with Crippen LogP contribution in [0.2, 0.25) is 0 Å². The number of imidazole rings is 1. The van der Waals surface area contributed by atoms with Crippen LogP contribution in [0.5, 0.6) is 0 Å². The molecular weight excluding hydrogens is 942 g/mol. The van der Waals surface area contributed by atoms with Crippen molar-refractivity contribution in [2.24, 2.45) is 17.4 Å². The Morgan fingerprint density at radius 3 is 2.10 bits per heavy atom. The lowest BCUT2D eigenvalue weighted by Gasteiger charge is -2.36. The zero-order chi connectivity index (χ0) is 44.7. The molecule has 7 heterocycles. The van der Waals surface area contributed by atoms with Gasteiger partial charge in [0.25, 0.3) is 5.91 Å². The summed E-state index contributed by atoms with van der Waals surface area (Å²) in [5, 5.41) is 32.6. The van der Waals surface area contributed by atoms with Crippen LogP contribution in [0, 0.1) is 5.92 Å². The van der Waals surface area contributed by atoms with Gasteiger partial charge in [0, 0.05) is 37.9 Å². The van der Waals surface area contributed by atoms with Gasteiger partial charge in [-0.25, -0.2) is 4.98 Å². The molecule has 0 bridgehead atoms. The van der Waals surface area contributed by atoms with Crippen LogP contribution < -0.4 is 32.7 Å². The Labute approximate surface area is 372 Å². The highest BCUT2D eigenvalue weighted by atomic mass is 32.5. The largest absolute Gasteiger partial charge is 0.361 e. The van der Waals surface area contributed by atoms with Crippen LogP contribution >= 0.6 is 20.2 Å². The van der Waals surface area contributed by atoms with Crippen molar-refractivity contribution in [2.75, 3.05) is 38.9 Å². The minimum absolute atomic E-state index is 0.0415. The Balaban J connectivity index is 1.02. The van der Waals surface area contributed by atoms with E-state index in [0.717, 1.165) is 0 Å². The first-order valence-corrected chi connectivity index (χ1v) is 27.2. The van der Waals surface area contributed by atoms with Gasteiger partial charge in [-0.2, -0.15) is 0 Å². The molecule has 6 aliphatic heterocycles. The zero-order valence-corrected chi connectivity index (χ0v) is 38.7. The Kier molecular flexibility index (Phi) is 15.7. The third-order valence-corrected chi connectivity index (χ3v) is 15.8. The van der Waals surface area contributed by atoms with Crippen LogP contribution in [0.4, 0.5) is 5.82 Å². The SMILES string of the molecule is COP(O)(=S)OC[C@H]1O[C@@H](N2C=CC(N)NC2O)C[C@H]1OP(O)(=S)OC[C@H]1O[C@@H](n2cnc3c2NCNC3N)C[C@H]1OP(O)(=S)OC[C@H]1O[C@@H](N2C=C(C)C(=O)NC2O)C[C@H]1C. The average Bonchev–Trinajstić information content (AvgIpc) is 3.99. The van der Waals surface area contributed by atoms with Crippen LogP contribution in [0.3, 0.4) is 0 Å². The first-order chi connectivity index (χ1) is 29.2. The highest BCUT2D eigenvalue weighted by Crippen LogP contribution is 2.53. The molecule has 3 fully saturated rings. The van der Waals surface area contributed by atoms with E-state index < -0.39 is 107 Å². The van der Waals surface area contributed by atoms with Gasteiger partial charge in [0.15, 0.2) is 6.35 Å². The molecule has 350 valence electrons. The van der Waals surface area contributed by atoms with Crippen molar-refractivity contribution in [3.8, 4) is 0 Å². The number of ether oxygens (including phenoxy) is 3. The molecule has 7 rings (SSSR count). The van der Waals surface area contributed by atoms with Crippen LogP contribution in [0.25, 0.3) is 0 Å². The van der Waals surface area contributed by atoms with Crippen molar-refractivity contribution in [1.29, 1.82) is 0 Å². The van der Waals surface area contributed by atoms with E-state index in [0.29, 0.717) is 30.2 Å². The number of hydrogen-bond donors (Lipinski definition) is 11. The number of aromatic nitrogens is 2. The van der Waals surface area contributed by atoms with E-state index in [9.17, 15) is 29.7 Å². The molecule has 13 N–H and O–H groups in total. The third-order valence-electron chi connectivity index (χ3n) is 10.9. The second kappa shape index (κ2) is 19.9. The molecule has 1 aromatic rings. The lowest BCUT2D eigenvalue weighted by molar-refractivity contribution is -0.142. The number of aliphatic hydroxyl groups is 2. The fourth-order valence-electron chi connectivity index (χ4n) is 7.58. The summed E-state index contributed by atoms with van der Waals surface area (Å²) in [4.78, 5) is 52.5. The summed E-state index contributed by atoms with van der Waals surface area (Å²) in [6.07, 6.45) is -3.55. The maximum absolute atomic E-state index is 12.0. The predicted octanol–water partition coefficient (Wildman–Crippen LogP) is -1.33. The molecule has 0 spiro atoms. The summed E-state index contributed by atoms with van der Waals surface area (Å²) in [5.74, 6) is 0.102. The highest BCUT2D eigenvalue weighted by Gasteiger charge is 2.47. The number of rotatable bonds is 17. The normalized spacial score (nSPS) is 37.9. The number of nitrogens with zero attached hydrogens (tertiary/aromatic N) is 4. The van der Waals surface area contributed by atoms with Gasteiger partial charge in [-0.3, -0.25) is 20.0 Å². The van der Waals surface area contributed by atoms with E-state index >= 15 is 0 Å². The molecule has 31 heteroatoms. The number of nitrogens with one attached hydrogen (secondary N) is 4. The first kappa shape index (κ1) is 48.7. The molecule has 1 amide bonds. The number of carbonyl (C=O) groups excluding carboxylic acids is 1. The second-order valence-electron chi connectivity index (χ2n) is 15.2. The van der Waals surface area contributed by atoms with Gasteiger partial charge in [-0.05, 0) is 60.8 Å². The van der Waals surface area contributed by atoms with Gasteiger partial charge in [0.1, 0.15) is 48.6 Å². The lowest BCUT2D eigenvalue weighted by Crippen LogP contribution is -2.56. The topological polar surface area (TPSA) is 326 Å². The molecular formula is C31H53N10O15P3S3. The number of aliphatic hydroxyl groups excluding tert-OH is 2. The monoisotopic (exact) mass is 994 g/mol. The van der Waals surface area contributed by atoms with Crippen molar-refractivity contribution in [3.63, 3.8) is 0 Å².